The SMILES string of the molecule is CCS(=O)(=O)N1CC2(C1)CN(S(=O)(=O)c1cccc(OC)c1)[C@H](CO)c1[nH]c3cc(OC)ccc3c12. The molecule has 0 radical (unpaired) electrons. The molecular weight excluding hydrogens is 506 g/mol. The fraction of sp³-hybridized carbons (Fsp3) is 0.417. The second kappa shape index (κ2) is 8.73. The highest BCUT2D eigenvalue weighted by Crippen LogP contribution is 2.50. The van der Waals surface area contributed by atoms with Gasteiger partial charge in [0.25, 0.3) is 0 Å². The average molecular weight is 536 g/mol. The van der Waals surface area contributed by atoms with Crippen LogP contribution in [0.25, 0.3) is 10.9 Å². The molecule has 2 N–H and O–H groups in total. The number of nitrogens with one attached hydrogen (secondary N) is 1. The van der Waals surface area contributed by atoms with Crippen LogP contribution in [-0.4, -0.2) is 81.8 Å². The van der Waals surface area contributed by atoms with Gasteiger partial charge in [-0.3, -0.25) is 0 Å². The van der Waals surface area contributed by atoms with Crippen molar-refractivity contribution in [3.8, 4) is 11.5 Å². The summed E-state index contributed by atoms with van der Waals surface area (Å²) < 4.78 is 66.3. The first-order valence-corrected chi connectivity index (χ1v) is 14.6. The highest BCUT2D eigenvalue weighted by Gasteiger charge is 2.57. The van der Waals surface area contributed by atoms with Crippen LogP contribution in [0.3, 0.4) is 0 Å². The number of rotatable bonds is 7. The minimum absolute atomic E-state index is 0.0273. The Balaban J connectivity index is 1.69. The normalized spacial score (nSPS) is 20.3. The van der Waals surface area contributed by atoms with Crippen LogP contribution in [0.2, 0.25) is 0 Å². The van der Waals surface area contributed by atoms with E-state index in [0.717, 1.165) is 16.5 Å². The van der Waals surface area contributed by atoms with Gasteiger partial charge in [-0.25, -0.2) is 16.8 Å². The molecule has 2 aliphatic rings. The molecule has 0 unspecified atom stereocenters. The fourth-order valence-corrected chi connectivity index (χ4v) is 8.34. The van der Waals surface area contributed by atoms with Crippen molar-refractivity contribution in [2.75, 3.05) is 46.2 Å². The Hall–Kier alpha value is -2.64. The van der Waals surface area contributed by atoms with Gasteiger partial charge in [0.15, 0.2) is 0 Å². The van der Waals surface area contributed by atoms with E-state index in [4.69, 9.17) is 9.47 Å². The zero-order valence-electron chi connectivity index (χ0n) is 20.3. The first kappa shape index (κ1) is 25.0. The van der Waals surface area contributed by atoms with Gasteiger partial charge in [0.05, 0.1) is 37.5 Å². The van der Waals surface area contributed by atoms with E-state index in [9.17, 15) is 21.9 Å². The van der Waals surface area contributed by atoms with Gasteiger partial charge < -0.3 is 19.6 Å². The molecule has 1 fully saturated rings. The number of fused-ring (bicyclic) bond motifs is 4. The van der Waals surface area contributed by atoms with E-state index in [1.54, 1.807) is 26.2 Å². The Morgan fingerprint density at radius 2 is 1.72 bits per heavy atom. The molecule has 12 heteroatoms. The van der Waals surface area contributed by atoms with Crippen LogP contribution in [0, 0.1) is 0 Å². The van der Waals surface area contributed by atoms with E-state index in [0.29, 0.717) is 17.2 Å². The minimum Gasteiger partial charge on any atom is -0.497 e. The largest absolute Gasteiger partial charge is 0.497 e. The Bertz CT molecular complexity index is 1530. The third-order valence-electron chi connectivity index (χ3n) is 7.24. The smallest absolute Gasteiger partial charge is 0.243 e. The van der Waals surface area contributed by atoms with Crippen molar-refractivity contribution in [3.05, 3.63) is 53.7 Å². The summed E-state index contributed by atoms with van der Waals surface area (Å²) in [6.45, 7) is 1.47. The predicted octanol–water partition coefficient (Wildman–Crippen LogP) is 1.83. The van der Waals surface area contributed by atoms with E-state index < -0.39 is 38.1 Å². The molecule has 2 aliphatic heterocycles. The lowest BCUT2D eigenvalue weighted by molar-refractivity contribution is 0.0768. The van der Waals surface area contributed by atoms with E-state index in [1.807, 2.05) is 18.2 Å². The van der Waals surface area contributed by atoms with Crippen LogP contribution in [0.15, 0.2) is 47.4 Å². The van der Waals surface area contributed by atoms with Crippen LogP contribution in [0.1, 0.15) is 24.2 Å². The number of hydrogen-bond acceptors (Lipinski definition) is 7. The van der Waals surface area contributed by atoms with Crippen LogP contribution in [0.5, 0.6) is 11.5 Å². The standard InChI is InChI=1S/C24H29N3O7S2/c1-4-35(29,30)26-13-24(14-26)15-27(36(31,32)18-7-5-6-16(10-18)33-2)21(12-28)23-22(24)19-9-8-17(34-3)11-20(19)25-23/h5-11,21,25,28H,4,12-15H2,1-3H3/t21-/m1/s1. The molecule has 5 rings (SSSR count). The number of benzene rings is 2. The second-order valence-electron chi connectivity index (χ2n) is 9.20. The lowest BCUT2D eigenvalue weighted by Gasteiger charge is -2.54. The van der Waals surface area contributed by atoms with Gasteiger partial charge in [-0.15, -0.1) is 0 Å². The number of aromatic nitrogens is 1. The lowest BCUT2D eigenvalue weighted by Crippen LogP contribution is -2.68. The predicted molar refractivity (Wildman–Crippen MR) is 134 cm³/mol. The first-order valence-electron chi connectivity index (χ1n) is 11.5. The molecule has 0 bridgehead atoms. The average Bonchev–Trinajstić information content (AvgIpc) is 3.25. The first-order chi connectivity index (χ1) is 17.1. The van der Waals surface area contributed by atoms with Crippen molar-refractivity contribution in [2.24, 2.45) is 0 Å². The number of aliphatic hydroxyl groups excluding tert-OH is 1. The Morgan fingerprint density at radius 1 is 1.03 bits per heavy atom. The van der Waals surface area contributed by atoms with Gasteiger partial charge in [-0.05, 0) is 36.8 Å². The number of H-pyrrole nitrogens is 1. The molecule has 1 saturated heterocycles. The van der Waals surface area contributed by atoms with Crippen molar-refractivity contribution in [2.45, 2.75) is 23.3 Å². The summed E-state index contributed by atoms with van der Waals surface area (Å²) in [4.78, 5) is 3.36. The molecule has 3 heterocycles. The number of nitrogens with zero attached hydrogens (tertiary/aromatic N) is 2. The maximum absolute atomic E-state index is 13.9. The second-order valence-corrected chi connectivity index (χ2v) is 13.3. The summed E-state index contributed by atoms with van der Waals surface area (Å²) >= 11 is 0. The summed E-state index contributed by atoms with van der Waals surface area (Å²) in [5, 5.41) is 11.3. The van der Waals surface area contributed by atoms with E-state index in [-0.39, 0.29) is 30.3 Å². The highest BCUT2D eigenvalue weighted by atomic mass is 32.2. The summed E-state index contributed by atoms with van der Waals surface area (Å²) in [7, 11) is -4.51. The molecule has 36 heavy (non-hydrogen) atoms. The molecule has 1 atom stereocenters. The molecular formula is C24H29N3O7S2. The number of hydrogen-bond donors (Lipinski definition) is 2. The Kier molecular flexibility index (Phi) is 6.07. The maximum Gasteiger partial charge on any atom is 0.243 e. The number of aliphatic hydroxyl groups is 1. The third kappa shape index (κ3) is 3.70. The van der Waals surface area contributed by atoms with Gasteiger partial charge in [0.2, 0.25) is 20.0 Å². The molecule has 0 saturated carbocycles. The number of aromatic amines is 1. The van der Waals surface area contributed by atoms with Crippen molar-refractivity contribution in [1.29, 1.82) is 0 Å². The van der Waals surface area contributed by atoms with Crippen LogP contribution >= 0.6 is 0 Å². The highest BCUT2D eigenvalue weighted by molar-refractivity contribution is 7.89. The summed E-state index contributed by atoms with van der Waals surface area (Å²) in [6.07, 6.45) is 0. The quantitative estimate of drug-likeness (QED) is 0.472. The number of sulfonamides is 2. The Morgan fingerprint density at radius 3 is 2.36 bits per heavy atom. The van der Waals surface area contributed by atoms with Gasteiger partial charge in [-0.1, -0.05) is 6.07 Å². The van der Waals surface area contributed by atoms with Crippen molar-refractivity contribution < 1.29 is 31.4 Å². The number of ether oxygens (including phenoxy) is 2. The topological polar surface area (TPSA) is 129 Å². The molecule has 194 valence electrons. The van der Waals surface area contributed by atoms with Gasteiger partial charge in [0, 0.05) is 53.8 Å². The van der Waals surface area contributed by atoms with Crippen molar-refractivity contribution >= 4 is 30.9 Å². The molecule has 3 aromatic rings. The summed E-state index contributed by atoms with van der Waals surface area (Å²) in [6, 6.07) is 10.8. The molecule has 0 aliphatic carbocycles. The summed E-state index contributed by atoms with van der Waals surface area (Å²) in [5.41, 5.74) is 1.36. The molecule has 10 nitrogen and oxygen atoms in total. The molecule has 0 amide bonds. The lowest BCUT2D eigenvalue weighted by atomic mass is 9.70. The van der Waals surface area contributed by atoms with E-state index in [2.05, 4.69) is 4.98 Å². The van der Waals surface area contributed by atoms with Gasteiger partial charge in [0.1, 0.15) is 11.5 Å². The molecule has 2 aromatic carbocycles. The van der Waals surface area contributed by atoms with Crippen molar-refractivity contribution in [1.82, 2.24) is 13.6 Å². The number of methoxy groups -OCH3 is 2. The zero-order chi connectivity index (χ0) is 25.9. The van der Waals surface area contributed by atoms with E-state index in [1.165, 1.54) is 27.9 Å². The maximum atomic E-state index is 13.9. The van der Waals surface area contributed by atoms with E-state index >= 15 is 0 Å². The summed E-state index contributed by atoms with van der Waals surface area (Å²) in [5.74, 6) is 0.984. The monoisotopic (exact) mass is 535 g/mol. The molecule has 1 aromatic heterocycles. The fourth-order valence-electron chi connectivity index (χ4n) is 5.38. The zero-order valence-corrected chi connectivity index (χ0v) is 21.9. The van der Waals surface area contributed by atoms with Crippen molar-refractivity contribution in [3.63, 3.8) is 0 Å². The molecule has 1 spiro atoms. The van der Waals surface area contributed by atoms with Gasteiger partial charge in [-0.2, -0.15) is 8.61 Å². The minimum atomic E-state index is -4.07. The van der Waals surface area contributed by atoms with Crippen LogP contribution in [0.4, 0.5) is 0 Å². The Labute approximate surface area is 210 Å². The third-order valence-corrected chi connectivity index (χ3v) is 10.9. The van der Waals surface area contributed by atoms with Crippen LogP contribution < -0.4 is 9.47 Å². The van der Waals surface area contributed by atoms with Gasteiger partial charge >= 0.3 is 0 Å². The van der Waals surface area contributed by atoms with Crippen LogP contribution in [-0.2, 0) is 25.5 Å².